The molecule has 0 saturated carbocycles. The zero-order valence-electron chi connectivity index (χ0n) is 12.3. The third kappa shape index (κ3) is 3.41. The first-order valence-electron chi connectivity index (χ1n) is 7.14. The highest BCUT2D eigenvalue weighted by molar-refractivity contribution is 5.41. The third-order valence-electron chi connectivity index (χ3n) is 4.57. The van der Waals surface area contributed by atoms with E-state index in [-0.39, 0.29) is 5.75 Å². The Balaban J connectivity index is 1.94. The molecule has 3 nitrogen and oxygen atoms in total. The van der Waals surface area contributed by atoms with Gasteiger partial charge in [-0.15, -0.1) is 0 Å². The summed E-state index contributed by atoms with van der Waals surface area (Å²) in [6.45, 7) is 7.90. The van der Waals surface area contributed by atoms with Crippen LogP contribution >= 0.6 is 0 Å². The van der Waals surface area contributed by atoms with Gasteiger partial charge in [0.25, 0.3) is 0 Å². The van der Waals surface area contributed by atoms with E-state index in [2.05, 4.69) is 18.7 Å². The van der Waals surface area contributed by atoms with Crippen LogP contribution in [0.1, 0.15) is 38.7 Å². The molecule has 0 radical (unpaired) electrons. The first-order valence-corrected chi connectivity index (χ1v) is 7.14. The van der Waals surface area contributed by atoms with Gasteiger partial charge >= 0.3 is 0 Å². The van der Waals surface area contributed by atoms with Crippen molar-refractivity contribution in [1.82, 2.24) is 4.90 Å². The monoisotopic (exact) mass is 263 g/mol. The standard InChI is InChI=1S/C16H25NO2/c1-4-16(2)7-9-17(10-8-16)12-13-5-6-15(19-3)14(18)11-13/h5-6,11,18H,4,7-10,12H2,1-3H3. The highest BCUT2D eigenvalue weighted by atomic mass is 16.5. The van der Waals surface area contributed by atoms with Crippen molar-refractivity contribution < 1.29 is 9.84 Å². The molecule has 1 aliphatic heterocycles. The van der Waals surface area contributed by atoms with E-state index in [1.54, 1.807) is 7.11 Å². The fourth-order valence-corrected chi connectivity index (χ4v) is 2.70. The Morgan fingerprint density at radius 3 is 2.53 bits per heavy atom. The van der Waals surface area contributed by atoms with Gasteiger partial charge in [0, 0.05) is 6.54 Å². The Labute approximate surface area is 116 Å². The predicted octanol–water partition coefficient (Wildman–Crippen LogP) is 3.41. The van der Waals surface area contributed by atoms with E-state index in [1.165, 1.54) is 19.3 Å². The highest BCUT2D eigenvalue weighted by Crippen LogP contribution is 2.34. The van der Waals surface area contributed by atoms with Crippen molar-refractivity contribution in [3.8, 4) is 11.5 Å². The normalized spacial score (nSPS) is 19.3. The number of phenolic OH excluding ortho intramolecular Hbond substituents is 1. The molecule has 1 aromatic carbocycles. The Morgan fingerprint density at radius 2 is 2.00 bits per heavy atom. The molecule has 0 bridgehead atoms. The van der Waals surface area contributed by atoms with Gasteiger partial charge in [0.15, 0.2) is 11.5 Å². The van der Waals surface area contributed by atoms with Crippen molar-refractivity contribution >= 4 is 0 Å². The van der Waals surface area contributed by atoms with Crippen LogP contribution in [-0.2, 0) is 6.54 Å². The second kappa shape index (κ2) is 5.83. The van der Waals surface area contributed by atoms with Gasteiger partial charge in [0.05, 0.1) is 7.11 Å². The van der Waals surface area contributed by atoms with Gasteiger partial charge in [-0.1, -0.05) is 26.3 Å². The molecule has 0 aromatic heterocycles. The van der Waals surface area contributed by atoms with Crippen molar-refractivity contribution in [2.24, 2.45) is 5.41 Å². The van der Waals surface area contributed by atoms with E-state index < -0.39 is 0 Å². The van der Waals surface area contributed by atoms with Crippen LogP contribution in [0.4, 0.5) is 0 Å². The van der Waals surface area contributed by atoms with Crippen molar-refractivity contribution in [1.29, 1.82) is 0 Å². The molecule has 1 aromatic rings. The van der Waals surface area contributed by atoms with Crippen LogP contribution in [0.15, 0.2) is 18.2 Å². The van der Waals surface area contributed by atoms with E-state index in [9.17, 15) is 5.11 Å². The number of benzene rings is 1. The average molecular weight is 263 g/mol. The van der Waals surface area contributed by atoms with Crippen molar-refractivity contribution in [2.45, 2.75) is 39.7 Å². The fourth-order valence-electron chi connectivity index (χ4n) is 2.70. The molecule has 0 aliphatic carbocycles. The zero-order valence-corrected chi connectivity index (χ0v) is 12.3. The average Bonchev–Trinajstić information content (AvgIpc) is 2.42. The smallest absolute Gasteiger partial charge is 0.160 e. The first kappa shape index (κ1) is 14.2. The number of aromatic hydroxyl groups is 1. The molecule has 1 fully saturated rings. The third-order valence-corrected chi connectivity index (χ3v) is 4.57. The summed E-state index contributed by atoms with van der Waals surface area (Å²) >= 11 is 0. The van der Waals surface area contributed by atoms with Gasteiger partial charge < -0.3 is 9.84 Å². The molecule has 3 heteroatoms. The number of nitrogens with zero attached hydrogens (tertiary/aromatic N) is 1. The lowest BCUT2D eigenvalue weighted by molar-refractivity contribution is 0.109. The van der Waals surface area contributed by atoms with E-state index in [0.717, 1.165) is 25.2 Å². The molecular weight excluding hydrogens is 238 g/mol. The predicted molar refractivity (Wildman–Crippen MR) is 77.6 cm³/mol. The van der Waals surface area contributed by atoms with E-state index in [1.807, 2.05) is 18.2 Å². The Hall–Kier alpha value is -1.22. The number of rotatable bonds is 4. The molecule has 0 unspecified atom stereocenters. The van der Waals surface area contributed by atoms with E-state index in [0.29, 0.717) is 11.2 Å². The minimum Gasteiger partial charge on any atom is -0.504 e. The molecular formula is C16H25NO2. The van der Waals surface area contributed by atoms with Crippen molar-refractivity contribution in [3.05, 3.63) is 23.8 Å². The maximum absolute atomic E-state index is 9.80. The van der Waals surface area contributed by atoms with Crippen LogP contribution in [0.5, 0.6) is 11.5 Å². The maximum Gasteiger partial charge on any atom is 0.160 e. The topological polar surface area (TPSA) is 32.7 Å². The molecule has 2 rings (SSSR count). The Kier molecular flexibility index (Phi) is 4.35. The summed E-state index contributed by atoms with van der Waals surface area (Å²) in [4.78, 5) is 2.47. The summed E-state index contributed by atoms with van der Waals surface area (Å²) in [6, 6.07) is 5.68. The lowest BCUT2D eigenvalue weighted by atomic mass is 9.78. The van der Waals surface area contributed by atoms with Crippen LogP contribution in [0.25, 0.3) is 0 Å². The number of likely N-dealkylation sites (tertiary alicyclic amines) is 1. The highest BCUT2D eigenvalue weighted by Gasteiger charge is 2.28. The number of phenols is 1. The summed E-state index contributed by atoms with van der Waals surface area (Å²) in [6.07, 6.45) is 3.81. The van der Waals surface area contributed by atoms with Crippen molar-refractivity contribution in [3.63, 3.8) is 0 Å². The number of piperidine rings is 1. The maximum atomic E-state index is 9.80. The van der Waals surface area contributed by atoms with Gasteiger partial charge in [-0.3, -0.25) is 4.90 Å². The molecule has 1 heterocycles. The van der Waals surface area contributed by atoms with Gasteiger partial charge in [0.1, 0.15) is 0 Å². The number of hydrogen-bond donors (Lipinski definition) is 1. The van der Waals surface area contributed by atoms with Crippen LogP contribution in [0, 0.1) is 5.41 Å². The second-order valence-electron chi connectivity index (χ2n) is 5.95. The summed E-state index contributed by atoms with van der Waals surface area (Å²) in [7, 11) is 1.57. The summed E-state index contributed by atoms with van der Waals surface area (Å²) in [5, 5.41) is 9.80. The summed E-state index contributed by atoms with van der Waals surface area (Å²) < 4.78 is 5.07. The molecule has 1 aliphatic rings. The van der Waals surface area contributed by atoms with Crippen LogP contribution < -0.4 is 4.74 Å². The quantitative estimate of drug-likeness (QED) is 0.903. The van der Waals surface area contributed by atoms with E-state index in [4.69, 9.17) is 4.74 Å². The molecule has 0 atom stereocenters. The lowest BCUT2D eigenvalue weighted by Crippen LogP contribution is -2.37. The number of methoxy groups -OCH3 is 1. The lowest BCUT2D eigenvalue weighted by Gasteiger charge is -2.39. The molecule has 106 valence electrons. The van der Waals surface area contributed by atoms with Crippen LogP contribution in [-0.4, -0.2) is 30.2 Å². The van der Waals surface area contributed by atoms with E-state index >= 15 is 0 Å². The summed E-state index contributed by atoms with van der Waals surface area (Å²) in [5.74, 6) is 0.774. The number of hydrogen-bond acceptors (Lipinski definition) is 3. The van der Waals surface area contributed by atoms with Gasteiger partial charge in [-0.25, -0.2) is 0 Å². The molecule has 0 spiro atoms. The molecule has 19 heavy (non-hydrogen) atoms. The van der Waals surface area contributed by atoms with Crippen LogP contribution in [0.2, 0.25) is 0 Å². The zero-order chi connectivity index (χ0) is 13.9. The summed E-state index contributed by atoms with van der Waals surface area (Å²) in [5.41, 5.74) is 1.68. The Bertz CT molecular complexity index is 423. The molecule has 1 saturated heterocycles. The molecule has 0 amide bonds. The fraction of sp³-hybridized carbons (Fsp3) is 0.625. The SMILES string of the molecule is CCC1(C)CCN(Cc2ccc(OC)c(O)c2)CC1. The van der Waals surface area contributed by atoms with Gasteiger partial charge in [0.2, 0.25) is 0 Å². The largest absolute Gasteiger partial charge is 0.504 e. The number of ether oxygens (including phenoxy) is 1. The minimum absolute atomic E-state index is 0.232. The second-order valence-corrected chi connectivity index (χ2v) is 5.95. The first-order chi connectivity index (χ1) is 9.06. The van der Waals surface area contributed by atoms with Crippen LogP contribution in [0.3, 0.4) is 0 Å². The molecule has 1 N–H and O–H groups in total. The Morgan fingerprint density at radius 1 is 1.32 bits per heavy atom. The van der Waals surface area contributed by atoms with Gasteiger partial charge in [-0.2, -0.15) is 0 Å². The van der Waals surface area contributed by atoms with Gasteiger partial charge in [-0.05, 0) is 49.0 Å². The minimum atomic E-state index is 0.232. The van der Waals surface area contributed by atoms with Crippen molar-refractivity contribution in [2.75, 3.05) is 20.2 Å².